The first kappa shape index (κ1) is 8.69. The molecule has 0 saturated heterocycles. The molecule has 1 aromatic rings. The van der Waals surface area contributed by atoms with Gasteiger partial charge in [-0.3, -0.25) is 4.98 Å². The highest BCUT2D eigenvalue weighted by atomic mass is 14.7. The van der Waals surface area contributed by atoms with E-state index in [4.69, 9.17) is 11.0 Å². The molecule has 1 rings (SSSR count). The van der Waals surface area contributed by atoms with Crippen LogP contribution in [-0.4, -0.2) is 4.98 Å². The first-order chi connectivity index (χ1) is 5.75. The van der Waals surface area contributed by atoms with Crippen LogP contribution >= 0.6 is 0 Å². The molecule has 3 heteroatoms. The number of pyridine rings is 1. The summed E-state index contributed by atoms with van der Waals surface area (Å²) in [4.78, 5) is 3.95. The molecule has 1 heterocycles. The minimum atomic E-state index is -0.182. The largest absolute Gasteiger partial charge is 0.323 e. The third-order valence-electron chi connectivity index (χ3n) is 1.77. The number of hydrogen-bond donors (Lipinski definition) is 1. The van der Waals surface area contributed by atoms with Crippen LogP contribution in [0, 0.1) is 18.3 Å². The first-order valence-electron chi connectivity index (χ1n) is 3.78. The van der Waals surface area contributed by atoms with Crippen LogP contribution in [0.1, 0.15) is 23.6 Å². The van der Waals surface area contributed by atoms with E-state index in [0.29, 0.717) is 6.42 Å². The normalized spacial score (nSPS) is 12.1. The van der Waals surface area contributed by atoms with Crippen LogP contribution < -0.4 is 5.73 Å². The van der Waals surface area contributed by atoms with Crippen LogP contribution in [0.4, 0.5) is 0 Å². The van der Waals surface area contributed by atoms with Gasteiger partial charge in [-0.15, -0.1) is 0 Å². The van der Waals surface area contributed by atoms with Crippen LogP contribution in [0.25, 0.3) is 0 Å². The maximum atomic E-state index is 8.44. The van der Waals surface area contributed by atoms with Crippen molar-refractivity contribution in [1.29, 1.82) is 5.26 Å². The number of hydrogen-bond acceptors (Lipinski definition) is 3. The summed E-state index contributed by atoms with van der Waals surface area (Å²) >= 11 is 0. The Morgan fingerprint density at radius 2 is 2.50 bits per heavy atom. The third kappa shape index (κ3) is 1.80. The van der Waals surface area contributed by atoms with Gasteiger partial charge in [0.25, 0.3) is 0 Å². The van der Waals surface area contributed by atoms with Crippen LogP contribution in [-0.2, 0) is 0 Å². The van der Waals surface area contributed by atoms with E-state index in [-0.39, 0.29) is 6.04 Å². The van der Waals surface area contributed by atoms with Gasteiger partial charge in [0.2, 0.25) is 0 Å². The molecule has 1 atom stereocenters. The standard InChI is InChI=1S/C9H11N3/c1-7-6-12-5-3-8(7)9(11)2-4-10/h3,5-6,9H,2,11H2,1H3. The van der Waals surface area contributed by atoms with Gasteiger partial charge in [0, 0.05) is 18.4 Å². The fourth-order valence-electron chi connectivity index (χ4n) is 1.11. The molecule has 0 radical (unpaired) electrons. The van der Waals surface area contributed by atoms with E-state index >= 15 is 0 Å². The van der Waals surface area contributed by atoms with Gasteiger partial charge in [0.05, 0.1) is 12.5 Å². The molecule has 0 saturated carbocycles. The van der Waals surface area contributed by atoms with Crippen molar-refractivity contribution in [3.63, 3.8) is 0 Å². The Morgan fingerprint density at radius 1 is 1.75 bits per heavy atom. The average molecular weight is 161 g/mol. The summed E-state index contributed by atoms with van der Waals surface area (Å²) in [5, 5.41) is 8.44. The molecule has 0 bridgehead atoms. The van der Waals surface area contributed by atoms with Crippen LogP contribution in [0.15, 0.2) is 18.5 Å². The molecule has 0 aliphatic rings. The summed E-state index contributed by atoms with van der Waals surface area (Å²) in [6.45, 7) is 1.94. The van der Waals surface area contributed by atoms with Crippen LogP contribution in [0.5, 0.6) is 0 Å². The van der Waals surface area contributed by atoms with E-state index in [0.717, 1.165) is 11.1 Å². The number of nitriles is 1. The molecule has 62 valence electrons. The maximum Gasteiger partial charge on any atom is 0.0641 e. The summed E-state index contributed by atoms with van der Waals surface area (Å²) < 4.78 is 0. The number of aromatic nitrogens is 1. The number of nitrogens with two attached hydrogens (primary N) is 1. The number of nitrogens with zero attached hydrogens (tertiary/aromatic N) is 2. The summed E-state index contributed by atoms with van der Waals surface area (Å²) in [5.74, 6) is 0. The summed E-state index contributed by atoms with van der Waals surface area (Å²) in [7, 11) is 0. The second kappa shape index (κ2) is 3.84. The van der Waals surface area contributed by atoms with Crippen molar-refractivity contribution in [3.05, 3.63) is 29.6 Å². The van der Waals surface area contributed by atoms with Crippen molar-refractivity contribution < 1.29 is 0 Å². The smallest absolute Gasteiger partial charge is 0.0641 e. The quantitative estimate of drug-likeness (QED) is 0.711. The highest BCUT2D eigenvalue weighted by Gasteiger charge is 2.06. The van der Waals surface area contributed by atoms with E-state index in [1.54, 1.807) is 12.4 Å². The van der Waals surface area contributed by atoms with Crippen LogP contribution in [0.2, 0.25) is 0 Å². The van der Waals surface area contributed by atoms with Crippen molar-refractivity contribution in [3.8, 4) is 6.07 Å². The topological polar surface area (TPSA) is 62.7 Å². The van der Waals surface area contributed by atoms with E-state index in [2.05, 4.69) is 4.98 Å². The van der Waals surface area contributed by atoms with Gasteiger partial charge in [0.15, 0.2) is 0 Å². The molecular formula is C9H11N3. The van der Waals surface area contributed by atoms with Crippen molar-refractivity contribution in [1.82, 2.24) is 4.98 Å². The predicted octanol–water partition coefficient (Wildman–Crippen LogP) is 1.30. The molecule has 0 aliphatic heterocycles. The van der Waals surface area contributed by atoms with E-state index < -0.39 is 0 Å². The summed E-state index contributed by atoms with van der Waals surface area (Å²) in [6, 6.07) is 3.72. The van der Waals surface area contributed by atoms with Crippen LogP contribution in [0.3, 0.4) is 0 Å². The highest BCUT2D eigenvalue weighted by molar-refractivity contribution is 5.25. The van der Waals surface area contributed by atoms with Gasteiger partial charge in [0.1, 0.15) is 0 Å². The molecule has 0 aromatic carbocycles. The second-order valence-electron chi connectivity index (χ2n) is 2.70. The molecule has 0 aliphatic carbocycles. The lowest BCUT2D eigenvalue weighted by molar-refractivity contribution is 0.740. The minimum absolute atomic E-state index is 0.182. The fourth-order valence-corrected chi connectivity index (χ4v) is 1.11. The maximum absolute atomic E-state index is 8.44. The number of aryl methyl sites for hydroxylation is 1. The van der Waals surface area contributed by atoms with Gasteiger partial charge in [-0.25, -0.2) is 0 Å². The molecule has 1 unspecified atom stereocenters. The molecular weight excluding hydrogens is 150 g/mol. The number of rotatable bonds is 2. The Hall–Kier alpha value is -1.40. The van der Waals surface area contributed by atoms with Crippen molar-refractivity contribution in [2.45, 2.75) is 19.4 Å². The van der Waals surface area contributed by atoms with Crippen molar-refractivity contribution >= 4 is 0 Å². The fraction of sp³-hybridized carbons (Fsp3) is 0.333. The Morgan fingerprint density at radius 3 is 3.08 bits per heavy atom. The highest BCUT2D eigenvalue weighted by Crippen LogP contribution is 2.15. The molecule has 1 aromatic heterocycles. The Kier molecular flexibility index (Phi) is 2.78. The molecule has 0 spiro atoms. The Bertz CT molecular complexity index is 301. The third-order valence-corrected chi connectivity index (χ3v) is 1.77. The monoisotopic (exact) mass is 161 g/mol. The van der Waals surface area contributed by atoms with Gasteiger partial charge in [-0.2, -0.15) is 5.26 Å². The zero-order chi connectivity index (χ0) is 8.97. The second-order valence-corrected chi connectivity index (χ2v) is 2.70. The van der Waals surface area contributed by atoms with Gasteiger partial charge in [-0.05, 0) is 24.1 Å². The lowest BCUT2D eigenvalue weighted by atomic mass is 10.0. The first-order valence-corrected chi connectivity index (χ1v) is 3.78. The summed E-state index contributed by atoms with van der Waals surface area (Å²) in [5.41, 5.74) is 7.80. The predicted molar refractivity (Wildman–Crippen MR) is 46.1 cm³/mol. The van der Waals surface area contributed by atoms with Gasteiger partial charge >= 0.3 is 0 Å². The SMILES string of the molecule is Cc1cnccc1C(N)CC#N. The van der Waals surface area contributed by atoms with Gasteiger partial charge in [-0.1, -0.05) is 0 Å². The molecule has 0 amide bonds. The van der Waals surface area contributed by atoms with E-state index in [1.165, 1.54) is 0 Å². The van der Waals surface area contributed by atoms with Crippen molar-refractivity contribution in [2.24, 2.45) is 5.73 Å². The van der Waals surface area contributed by atoms with E-state index in [9.17, 15) is 0 Å². The Labute approximate surface area is 71.8 Å². The molecule has 2 N–H and O–H groups in total. The Balaban J connectivity index is 2.88. The van der Waals surface area contributed by atoms with E-state index in [1.807, 2.05) is 19.1 Å². The minimum Gasteiger partial charge on any atom is -0.323 e. The zero-order valence-electron chi connectivity index (χ0n) is 6.99. The molecule has 3 nitrogen and oxygen atoms in total. The average Bonchev–Trinajstić information content (AvgIpc) is 2.05. The lowest BCUT2D eigenvalue weighted by Crippen LogP contribution is -2.10. The zero-order valence-corrected chi connectivity index (χ0v) is 6.99. The summed E-state index contributed by atoms with van der Waals surface area (Å²) in [6.07, 6.45) is 3.80. The van der Waals surface area contributed by atoms with Crippen molar-refractivity contribution in [2.75, 3.05) is 0 Å². The van der Waals surface area contributed by atoms with Gasteiger partial charge < -0.3 is 5.73 Å². The molecule has 0 fully saturated rings. The molecule has 12 heavy (non-hydrogen) atoms. The lowest BCUT2D eigenvalue weighted by Gasteiger charge is -2.09.